The number of morpholine rings is 1. The molecule has 1 aromatic heterocycles. The van der Waals surface area contributed by atoms with Gasteiger partial charge in [0.15, 0.2) is 17.5 Å². The molecule has 2 atom stereocenters. The Morgan fingerprint density at radius 3 is 2.48 bits per heavy atom. The van der Waals surface area contributed by atoms with Crippen molar-refractivity contribution in [3.63, 3.8) is 0 Å². The number of ether oxygens (including phenoxy) is 2. The second-order valence-corrected chi connectivity index (χ2v) is 14.7. The van der Waals surface area contributed by atoms with Crippen LogP contribution in [-0.2, 0) is 4.74 Å². The quantitative estimate of drug-likeness (QED) is 0.231. The molecule has 12 heteroatoms. The van der Waals surface area contributed by atoms with Crippen LogP contribution in [0.2, 0.25) is 0 Å². The molecule has 3 aliphatic heterocycles. The summed E-state index contributed by atoms with van der Waals surface area (Å²) < 4.78 is 74.9. The van der Waals surface area contributed by atoms with E-state index < -0.39 is 28.8 Å². The first-order valence-corrected chi connectivity index (χ1v) is 17.0. The fourth-order valence-electron chi connectivity index (χ4n) is 8.41. The van der Waals surface area contributed by atoms with Gasteiger partial charge in [-0.2, -0.15) is 9.97 Å². The van der Waals surface area contributed by atoms with Gasteiger partial charge in [-0.15, -0.1) is 0 Å². The van der Waals surface area contributed by atoms with Crippen molar-refractivity contribution in [2.75, 3.05) is 50.8 Å². The van der Waals surface area contributed by atoms with Gasteiger partial charge in [0.05, 0.1) is 24.4 Å². The van der Waals surface area contributed by atoms with Gasteiger partial charge in [-0.05, 0) is 74.6 Å². The Bertz CT molecular complexity index is 1940. The van der Waals surface area contributed by atoms with Gasteiger partial charge < -0.3 is 24.8 Å². The first-order chi connectivity index (χ1) is 23.2. The molecule has 5 aliphatic rings. The third-order valence-electron chi connectivity index (χ3n) is 11.2. The summed E-state index contributed by atoms with van der Waals surface area (Å²) in [4.78, 5) is 13.8. The SMILES string of the molecule is Oc1cc(-c2c(F)cc3c(N4CC5CCC(C4)N5)nc(OCC4(CN5CCOC6(CCC6)C5)CC4)nc3c2F)c2c(F)c(F)ccc2c1. The van der Waals surface area contributed by atoms with Gasteiger partial charge in [-0.1, -0.05) is 6.07 Å². The Morgan fingerprint density at radius 2 is 1.75 bits per heavy atom. The molecule has 4 aromatic rings. The minimum atomic E-state index is -1.26. The Hall–Kier alpha value is -3.74. The number of hydrogen-bond donors (Lipinski definition) is 2. The molecule has 2 unspecified atom stereocenters. The zero-order valence-electron chi connectivity index (χ0n) is 26.5. The van der Waals surface area contributed by atoms with Crippen molar-refractivity contribution in [3.8, 4) is 22.9 Å². The van der Waals surface area contributed by atoms with Crippen molar-refractivity contribution < 1.29 is 32.1 Å². The molecule has 252 valence electrons. The average Bonchev–Trinajstić information content (AvgIpc) is 3.74. The number of aromatic nitrogens is 2. The van der Waals surface area contributed by atoms with Gasteiger partial charge in [0.2, 0.25) is 0 Å². The first-order valence-electron chi connectivity index (χ1n) is 17.0. The molecule has 3 saturated heterocycles. The van der Waals surface area contributed by atoms with Crippen molar-refractivity contribution in [2.45, 2.75) is 62.6 Å². The molecule has 0 amide bonds. The molecule has 2 saturated carbocycles. The van der Waals surface area contributed by atoms with Crippen LogP contribution in [0.1, 0.15) is 44.9 Å². The van der Waals surface area contributed by atoms with E-state index in [0.717, 1.165) is 83.0 Å². The van der Waals surface area contributed by atoms with Crippen LogP contribution in [0.3, 0.4) is 0 Å². The van der Waals surface area contributed by atoms with Crippen LogP contribution in [0.4, 0.5) is 23.4 Å². The lowest BCUT2D eigenvalue weighted by Gasteiger charge is -2.49. The van der Waals surface area contributed by atoms with Crippen LogP contribution in [0, 0.1) is 28.7 Å². The third-order valence-corrected chi connectivity index (χ3v) is 11.2. The minimum Gasteiger partial charge on any atom is -0.508 e. The fourth-order valence-corrected chi connectivity index (χ4v) is 8.41. The molecule has 3 aromatic carbocycles. The van der Waals surface area contributed by atoms with Gasteiger partial charge >= 0.3 is 6.01 Å². The zero-order valence-corrected chi connectivity index (χ0v) is 26.5. The number of piperazine rings is 1. The molecule has 8 nitrogen and oxygen atoms in total. The lowest BCUT2D eigenvalue weighted by molar-refractivity contribution is -0.154. The summed E-state index contributed by atoms with van der Waals surface area (Å²) in [5, 5.41) is 13.9. The standard InChI is InChI=1S/C36H37F4N5O3/c37-26-5-2-20-12-23(46)13-24(28(20)30(26)39)29-27(38)14-25-32(31(29)40)42-34(43-33(25)45-15-21-3-4-22(16-45)41-21)47-19-35(8-9-35)17-44-10-11-48-36(18-44)6-1-7-36/h2,5,12-14,21-22,41,46H,1,3-4,6-11,15-19H2. The van der Waals surface area contributed by atoms with Crippen LogP contribution in [0.15, 0.2) is 30.3 Å². The van der Waals surface area contributed by atoms with Gasteiger partial charge in [-0.25, -0.2) is 17.6 Å². The Labute approximate surface area is 275 Å². The number of hydrogen-bond acceptors (Lipinski definition) is 8. The molecule has 2 bridgehead atoms. The minimum absolute atomic E-state index is 0.00563. The average molecular weight is 664 g/mol. The normalized spacial score (nSPS) is 24.4. The van der Waals surface area contributed by atoms with Crippen LogP contribution in [0.5, 0.6) is 11.8 Å². The Balaban J connectivity index is 1.11. The number of nitrogens with zero attached hydrogens (tertiary/aromatic N) is 4. The number of aromatic hydroxyl groups is 1. The number of phenols is 1. The first kappa shape index (κ1) is 30.3. The van der Waals surface area contributed by atoms with Crippen molar-refractivity contribution in [1.82, 2.24) is 20.2 Å². The number of nitrogens with one attached hydrogen (secondary N) is 1. The van der Waals surface area contributed by atoms with E-state index in [-0.39, 0.29) is 62.1 Å². The monoisotopic (exact) mass is 663 g/mol. The summed E-state index contributed by atoms with van der Waals surface area (Å²) in [6.07, 6.45) is 7.39. The van der Waals surface area contributed by atoms with Crippen molar-refractivity contribution >= 4 is 27.5 Å². The topological polar surface area (TPSA) is 83.0 Å². The number of anilines is 1. The van der Waals surface area contributed by atoms with Crippen molar-refractivity contribution in [2.24, 2.45) is 5.41 Å². The molecule has 0 radical (unpaired) electrons. The van der Waals surface area contributed by atoms with Crippen LogP contribution in [0.25, 0.3) is 32.8 Å². The number of halogens is 4. The zero-order chi connectivity index (χ0) is 32.8. The molecule has 2 aliphatic carbocycles. The highest BCUT2D eigenvalue weighted by molar-refractivity contribution is 6.02. The van der Waals surface area contributed by atoms with Gasteiger partial charge in [0, 0.05) is 66.6 Å². The van der Waals surface area contributed by atoms with E-state index in [1.807, 2.05) is 4.90 Å². The number of rotatable bonds is 7. The molecular formula is C36H37F4N5O3. The maximum atomic E-state index is 16.8. The van der Waals surface area contributed by atoms with Crippen LogP contribution in [-0.4, -0.2) is 83.6 Å². The molecule has 1 spiro atoms. The molecular weight excluding hydrogens is 626 g/mol. The van der Waals surface area contributed by atoms with E-state index in [1.54, 1.807) is 0 Å². The lowest BCUT2D eigenvalue weighted by Crippen LogP contribution is -2.56. The second-order valence-electron chi connectivity index (χ2n) is 14.7. The van der Waals surface area contributed by atoms with Gasteiger partial charge in [0.25, 0.3) is 0 Å². The summed E-state index contributed by atoms with van der Waals surface area (Å²) in [6, 6.07) is 6.03. The van der Waals surface area contributed by atoms with Gasteiger partial charge in [0.1, 0.15) is 22.9 Å². The molecule has 48 heavy (non-hydrogen) atoms. The lowest BCUT2D eigenvalue weighted by atomic mass is 9.78. The third kappa shape index (κ3) is 5.14. The van der Waals surface area contributed by atoms with E-state index in [4.69, 9.17) is 14.5 Å². The number of phenolic OH excluding ortho intramolecular Hbond substituents is 1. The smallest absolute Gasteiger partial charge is 0.319 e. The Morgan fingerprint density at radius 1 is 0.958 bits per heavy atom. The largest absolute Gasteiger partial charge is 0.508 e. The van der Waals surface area contributed by atoms with E-state index in [9.17, 15) is 9.50 Å². The van der Waals surface area contributed by atoms with E-state index >= 15 is 13.2 Å². The van der Waals surface area contributed by atoms with E-state index in [0.29, 0.717) is 25.5 Å². The second kappa shape index (κ2) is 11.1. The van der Waals surface area contributed by atoms with Crippen molar-refractivity contribution in [3.05, 3.63) is 53.6 Å². The van der Waals surface area contributed by atoms with Gasteiger partial charge in [-0.3, -0.25) is 4.90 Å². The fraction of sp³-hybridized carbons (Fsp3) is 0.500. The van der Waals surface area contributed by atoms with Crippen molar-refractivity contribution in [1.29, 1.82) is 0 Å². The molecule has 4 heterocycles. The maximum Gasteiger partial charge on any atom is 0.319 e. The molecule has 9 rings (SSSR count). The molecule has 5 fully saturated rings. The van der Waals surface area contributed by atoms with Crippen LogP contribution < -0.4 is 15.0 Å². The highest BCUT2D eigenvalue weighted by Gasteiger charge is 2.49. The predicted molar refractivity (Wildman–Crippen MR) is 172 cm³/mol. The summed E-state index contributed by atoms with van der Waals surface area (Å²) >= 11 is 0. The number of benzene rings is 3. The summed E-state index contributed by atoms with van der Waals surface area (Å²) in [7, 11) is 0. The molecule has 2 N–H and O–H groups in total. The Kier molecular flexibility index (Phi) is 7.04. The highest BCUT2D eigenvalue weighted by atomic mass is 19.2. The predicted octanol–water partition coefficient (Wildman–Crippen LogP) is 6.07. The summed E-state index contributed by atoms with van der Waals surface area (Å²) in [5.74, 6) is -4.46. The van der Waals surface area contributed by atoms with E-state index in [2.05, 4.69) is 15.2 Å². The van der Waals surface area contributed by atoms with Crippen LogP contribution >= 0.6 is 0 Å². The highest BCUT2D eigenvalue weighted by Crippen LogP contribution is 2.48. The maximum absolute atomic E-state index is 16.8. The van der Waals surface area contributed by atoms with E-state index in [1.165, 1.54) is 18.6 Å². The summed E-state index contributed by atoms with van der Waals surface area (Å²) in [5.41, 5.74) is -1.18. The number of fused-ring (bicyclic) bond motifs is 4. The summed E-state index contributed by atoms with van der Waals surface area (Å²) in [6.45, 7) is 4.96.